The summed E-state index contributed by atoms with van der Waals surface area (Å²) in [6.07, 6.45) is 2.44. The molecule has 1 aliphatic heterocycles. The summed E-state index contributed by atoms with van der Waals surface area (Å²) in [6, 6.07) is 7.44. The number of rotatable bonds is 6. The van der Waals surface area contributed by atoms with Crippen LogP contribution >= 0.6 is 34.5 Å². The van der Waals surface area contributed by atoms with Gasteiger partial charge in [0.15, 0.2) is 0 Å². The Morgan fingerprint density at radius 2 is 2.19 bits per heavy atom. The Morgan fingerprint density at radius 1 is 1.35 bits per heavy atom. The van der Waals surface area contributed by atoms with Crippen LogP contribution < -0.4 is 10.7 Å². The molecular weight excluding hydrogens is 393 g/mol. The summed E-state index contributed by atoms with van der Waals surface area (Å²) in [6.45, 7) is 1.97. The Hall–Kier alpha value is -1.60. The van der Waals surface area contributed by atoms with E-state index in [1.54, 1.807) is 23.6 Å². The third-order valence-electron chi connectivity index (χ3n) is 4.36. The number of halogens is 2. The number of benzene rings is 1. The van der Waals surface area contributed by atoms with Crippen LogP contribution in [0.25, 0.3) is 11.1 Å². The van der Waals surface area contributed by atoms with Crippen molar-refractivity contribution in [1.82, 2.24) is 10.7 Å². The lowest BCUT2D eigenvalue weighted by atomic mass is 9.91. The first-order chi connectivity index (χ1) is 12.5. The minimum Gasteiger partial charge on any atom is -0.481 e. The van der Waals surface area contributed by atoms with Crippen molar-refractivity contribution in [2.24, 2.45) is 16.9 Å². The number of hydrogen-bond donors (Lipinski definition) is 3. The number of thiophene rings is 1. The summed E-state index contributed by atoms with van der Waals surface area (Å²) >= 11 is 13.8. The van der Waals surface area contributed by atoms with Crippen LogP contribution in [0.5, 0.6) is 0 Å². The zero-order chi connectivity index (χ0) is 18.5. The molecule has 2 heterocycles. The number of aliphatic carboxylic acids is 1. The molecule has 2 aromatic rings. The lowest BCUT2D eigenvalue weighted by molar-refractivity contribution is -0.142. The monoisotopic (exact) mass is 411 g/mol. The number of hydrazone groups is 1. The Kier molecular flexibility index (Phi) is 6.53. The molecule has 0 saturated carbocycles. The van der Waals surface area contributed by atoms with Gasteiger partial charge in [0.05, 0.1) is 17.0 Å². The molecular formula is C18H19Cl2N3O2S. The summed E-state index contributed by atoms with van der Waals surface area (Å²) in [5.41, 5.74) is 4.97. The summed E-state index contributed by atoms with van der Waals surface area (Å²) in [4.78, 5) is 12.1. The summed E-state index contributed by atoms with van der Waals surface area (Å²) < 4.78 is 0. The van der Waals surface area contributed by atoms with Crippen LogP contribution in [-0.4, -0.2) is 36.9 Å². The SMILES string of the molecule is O=C(O)[C@H]1CNC[C@@H](CN/N=C/c2sccc2-c2ccc(Cl)cc2Cl)C1. The van der Waals surface area contributed by atoms with Gasteiger partial charge < -0.3 is 15.8 Å². The molecule has 0 spiro atoms. The normalized spacial score (nSPS) is 20.4. The minimum absolute atomic E-state index is 0.246. The standard InChI is InChI=1S/C18H19Cl2N3O2S/c19-13-1-2-14(16(20)6-13)15-3-4-26-17(15)10-23-22-8-11-5-12(18(24)25)9-21-7-11/h1-4,6,10-12,21-22H,5,7-9H2,(H,24,25)/b23-10+/t11-,12+/m0/s1. The van der Waals surface area contributed by atoms with Gasteiger partial charge in [-0.15, -0.1) is 11.3 Å². The fourth-order valence-corrected chi connectivity index (χ4v) is 4.29. The molecule has 3 N–H and O–H groups in total. The predicted octanol–water partition coefficient (Wildman–Crippen LogP) is 3.96. The van der Waals surface area contributed by atoms with Gasteiger partial charge in [-0.3, -0.25) is 4.79 Å². The van der Waals surface area contributed by atoms with Gasteiger partial charge in [-0.2, -0.15) is 5.10 Å². The molecule has 0 amide bonds. The van der Waals surface area contributed by atoms with E-state index in [9.17, 15) is 4.79 Å². The van der Waals surface area contributed by atoms with Crippen molar-refractivity contribution in [3.05, 3.63) is 44.6 Å². The molecule has 138 valence electrons. The highest BCUT2D eigenvalue weighted by Gasteiger charge is 2.26. The predicted molar refractivity (Wildman–Crippen MR) is 107 cm³/mol. The molecule has 26 heavy (non-hydrogen) atoms. The van der Waals surface area contributed by atoms with Gasteiger partial charge in [-0.25, -0.2) is 0 Å². The molecule has 0 unspecified atom stereocenters. The molecule has 5 nitrogen and oxygen atoms in total. The fourth-order valence-electron chi connectivity index (χ4n) is 3.01. The van der Waals surface area contributed by atoms with E-state index in [4.69, 9.17) is 28.3 Å². The molecule has 1 aliphatic rings. The molecule has 2 atom stereocenters. The minimum atomic E-state index is -0.742. The maximum absolute atomic E-state index is 11.1. The smallest absolute Gasteiger partial charge is 0.307 e. The van der Waals surface area contributed by atoms with Gasteiger partial charge in [0.25, 0.3) is 0 Å². The topological polar surface area (TPSA) is 73.7 Å². The van der Waals surface area contributed by atoms with E-state index < -0.39 is 5.97 Å². The number of carboxylic acid groups (broad SMARTS) is 1. The lowest BCUT2D eigenvalue weighted by Crippen LogP contribution is -2.42. The van der Waals surface area contributed by atoms with Gasteiger partial charge in [-0.1, -0.05) is 29.3 Å². The lowest BCUT2D eigenvalue weighted by Gasteiger charge is -2.27. The average molecular weight is 412 g/mol. The average Bonchev–Trinajstić information content (AvgIpc) is 3.07. The van der Waals surface area contributed by atoms with Gasteiger partial charge in [-0.05, 0) is 42.5 Å². The van der Waals surface area contributed by atoms with Crippen LogP contribution in [0, 0.1) is 11.8 Å². The summed E-state index contributed by atoms with van der Waals surface area (Å²) in [5.74, 6) is -0.820. The molecule has 0 bridgehead atoms. The number of nitrogens with one attached hydrogen (secondary N) is 2. The second-order valence-electron chi connectivity index (χ2n) is 6.24. The Bertz CT molecular complexity index is 809. The Morgan fingerprint density at radius 3 is 2.96 bits per heavy atom. The van der Waals surface area contributed by atoms with E-state index in [1.807, 2.05) is 23.6 Å². The van der Waals surface area contributed by atoms with Crippen molar-refractivity contribution in [3.8, 4) is 11.1 Å². The molecule has 0 radical (unpaired) electrons. The Balaban J connectivity index is 1.60. The molecule has 1 aromatic carbocycles. The molecule has 0 aliphatic carbocycles. The number of hydrogen-bond acceptors (Lipinski definition) is 5. The van der Waals surface area contributed by atoms with Crippen LogP contribution in [0.2, 0.25) is 10.0 Å². The largest absolute Gasteiger partial charge is 0.481 e. The van der Waals surface area contributed by atoms with Crippen LogP contribution in [0.1, 0.15) is 11.3 Å². The highest BCUT2D eigenvalue weighted by molar-refractivity contribution is 7.12. The third kappa shape index (κ3) is 4.76. The van der Waals surface area contributed by atoms with Gasteiger partial charge in [0, 0.05) is 34.3 Å². The molecule has 1 aromatic heterocycles. The highest BCUT2D eigenvalue weighted by atomic mass is 35.5. The van der Waals surface area contributed by atoms with Crippen LogP contribution in [-0.2, 0) is 4.79 Å². The fraction of sp³-hybridized carbons (Fsp3) is 0.333. The van der Waals surface area contributed by atoms with Crippen molar-refractivity contribution in [2.45, 2.75) is 6.42 Å². The van der Waals surface area contributed by atoms with Crippen LogP contribution in [0.3, 0.4) is 0 Å². The van der Waals surface area contributed by atoms with E-state index in [1.165, 1.54) is 0 Å². The highest BCUT2D eigenvalue weighted by Crippen LogP contribution is 2.34. The van der Waals surface area contributed by atoms with Gasteiger partial charge >= 0.3 is 5.97 Å². The van der Waals surface area contributed by atoms with E-state index in [2.05, 4.69) is 15.8 Å². The van der Waals surface area contributed by atoms with Crippen molar-refractivity contribution in [2.75, 3.05) is 19.6 Å². The van der Waals surface area contributed by atoms with Crippen molar-refractivity contribution in [1.29, 1.82) is 0 Å². The number of nitrogens with zero attached hydrogens (tertiary/aromatic N) is 1. The first-order valence-corrected chi connectivity index (χ1v) is 9.90. The maximum atomic E-state index is 11.1. The Labute approximate surface area is 166 Å². The van der Waals surface area contributed by atoms with Crippen LogP contribution in [0.4, 0.5) is 0 Å². The maximum Gasteiger partial charge on any atom is 0.307 e. The van der Waals surface area contributed by atoms with Crippen molar-refractivity contribution >= 4 is 46.7 Å². The van der Waals surface area contributed by atoms with Crippen molar-refractivity contribution < 1.29 is 9.90 Å². The first kappa shape index (κ1) is 19.2. The number of carboxylic acids is 1. The van der Waals surface area contributed by atoms with Crippen LogP contribution in [0.15, 0.2) is 34.7 Å². The number of piperidine rings is 1. The molecule has 1 saturated heterocycles. The molecule has 1 fully saturated rings. The second-order valence-corrected chi connectivity index (χ2v) is 8.03. The summed E-state index contributed by atoms with van der Waals surface area (Å²) in [5, 5.41) is 19.8. The van der Waals surface area contributed by atoms with E-state index in [-0.39, 0.29) is 11.8 Å². The first-order valence-electron chi connectivity index (χ1n) is 8.27. The molecule has 8 heteroatoms. The van der Waals surface area contributed by atoms with E-state index >= 15 is 0 Å². The van der Waals surface area contributed by atoms with E-state index in [0.29, 0.717) is 29.6 Å². The zero-order valence-corrected chi connectivity index (χ0v) is 16.2. The van der Waals surface area contributed by atoms with E-state index in [0.717, 1.165) is 22.5 Å². The summed E-state index contributed by atoms with van der Waals surface area (Å²) in [7, 11) is 0. The quantitative estimate of drug-likeness (QED) is 0.496. The zero-order valence-electron chi connectivity index (χ0n) is 13.9. The number of carbonyl (C=O) groups is 1. The van der Waals surface area contributed by atoms with Gasteiger partial charge in [0.1, 0.15) is 0 Å². The van der Waals surface area contributed by atoms with Crippen molar-refractivity contribution in [3.63, 3.8) is 0 Å². The second kappa shape index (κ2) is 8.86. The third-order valence-corrected chi connectivity index (χ3v) is 5.76. The van der Waals surface area contributed by atoms with Gasteiger partial charge in [0.2, 0.25) is 0 Å². The molecule has 3 rings (SSSR count).